The number of likely N-dealkylation sites (tertiary alicyclic amines) is 1. The summed E-state index contributed by atoms with van der Waals surface area (Å²) in [6.45, 7) is 4.59. The Hall–Kier alpha value is -6.50. The predicted octanol–water partition coefficient (Wildman–Crippen LogP) is 9.56. The van der Waals surface area contributed by atoms with E-state index in [2.05, 4.69) is 33.4 Å². The van der Waals surface area contributed by atoms with Crippen LogP contribution in [0.15, 0.2) is 106 Å². The number of hydrogen-bond donors (Lipinski definition) is 0. The first kappa shape index (κ1) is 43.2. The molecule has 0 bridgehead atoms. The minimum Gasteiger partial charge on any atom is -0.413 e. The second-order valence-corrected chi connectivity index (χ2v) is 15.6. The van der Waals surface area contributed by atoms with Crippen LogP contribution >= 0.6 is 0 Å². The Morgan fingerprint density at radius 3 is 1.94 bits per heavy atom. The number of urea groups is 2. The number of anilines is 1. The number of carbonyl (C=O) groups excluding carboxylic acids is 2. The average molecular weight is 877 g/mol. The van der Waals surface area contributed by atoms with E-state index in [9.17, 15) is 35.9 Å². The van der Waals surface area contributed by atoms with Gasteiger partial charge in [-0.2, -0.15) is 26.3 Å². The molecule has 1 aliphatic carbocycles. The Bertz CT molecular complexity index is 2460. The van der Waals surface area contributed by atoms with Crippen LogP contribution in [0.25, 0.3) is 22.9 Å². The number of carbonyl (C=O) groups is 2. The summed E-state index contributed by atoms with van der Waals surface area (Å²) < 4.78 is 94.1. The van der Waals surface area contributed by atoms with Gasteiger partial charge in [0.2, 0.25) is 11.8 Å². The van der Waals surface area contributed by atoms with Gasteiger partial charge in [0, 0.05) is 48.7 Å². The van der Waals surface area contributed by atoms with Gasteiger partial charge in [0.25, 0.3) is 0 Å². The summed E-state index contributed by atoms with van der Waals surface area (Å²) in [6.07, 6.45) is -0.977. The lowest BCUT2D eigenvalue weighted by molar-refractivity contribution is -0.157. The molecule has 3 aliphatic rings. The largest absolute Gasteiger partial charge is 0.470 e. The molecule has 2 unspecified atom stereocenters. The van der Waals surface area contributed by atoms with Crippen molar-refractivity contribution in [3.63, 3.8) is 0 Å². The maximum atomic E-state index is 14.5. The third kappa shape index (κ3) is 10.1. The highest BCUT2D eigenvalue weighted by atomic mass is 19.4. The molecule has 13 nitrogen and oxygen atoms in total. The van der Waals surface area contributed by atoms with Crippen molar-refractivity contribution in [1.82, 2.24) is 35.1 Å². The zero-order valence-corrected chi connectivity index (χ0v) is 34.0. The number of aromatic nitrogens is 4. The maximum Gasteiger partial charge on any atom is 0.470 e. The highest BCUT2D eigenvalue weighted by Gasteiger charge is 2.39. The van der Waals surface area contributed by atoms with Crippen molar-refractivity contribution < 1.29 is 49.5 Å². The van der Waals surface area contributed by atoms with E-state index >= 15 is 0 Å². The summed E-state index contributed by atoms with van der Waals surface area (Å²) in [5.41, 5.74) is 4.30. The fourth-order valence-corrected chi connectivity index (χ4v) is 7.67. The predicted molar refractivity (Wildman–Crippen MR) is 215 cm³/mol. The van der Waals surface area contributed by atoms with Gasteiger partial charge < -0.3 is 23.4 Å². The number of amides is 4. The van der Waals surface area contributed by atoms with Crippen LogP contribution in [0, 0.1) is 5.92 Å². The van der Waals surface area contributed by atoms with Gasteiger partial charge in [0.1, 0.15) is 6.10 Å². The van der Waals surface area contributed by atoms with Crippen molar-refractivity contribution in [1.29, 1.82) is 0 Å². The second-order valence-electron chi connectivity index (χ2n) is 15.6. The molecule has 0 spiro atoms. The molecule has 4 heterocycles. The number of hydrogen-bond acceptors (Lipinski definition) is 9. The van der Waals surface area contributed by atoms with Crippen molar-refractivity contribution in [2.75, 3.05) is 44.2 Å². The summed E-state index contributed by atoms with van der Waals surface area (Å²) in [5, 5.41) is 13.3. The molecule has 5 aromatic rings. The highest BCUT2D eigenvalue weighted by Crippen LogP contribution is 2.34. The van der Waals surface area contributed by atoms with E-state index in [1.165, 1.54) is 0 Å². The smallest absolute Gasteiger partial charge is 0.413 e. The van der Waals surface area contributed by atoms with Crippen LogP contribution < -0.4 is 4.90 Å². The van der Waals surface area contributed by atoms with Gasteiger partial charge in [0.05, 0.1) is 19.7 Å². The van der Waals surface area contributed by atoms with E-state index in [0.717, 1.165) is 36.1 Å². The van der Waals surface area contributed by atoms with Crippen LogP contribution in [0.4, 0.5) is 41.6 Å². The summed E-state index contributed by atoms with van der Waals surface area (Å²) in [6, 6.07) is 20.2. The van der Waals surface area contributed by atoms with Crippen LogP contribution in [0.5, 0.6) is 0 Å². The van der Waals surface area contributed by atoms with Gasteiger partial charge in [-0.05, 0) is 90.8 Å². The third-order valence-electron chi connectivity index (χ3n) is 11.0. The second kappa shape index (κ2) is 18.1. The van der Waals surface area contributed by atoms with Gasteiger partial charge in [-0.25, -0.2) is 9.59 Å². The number of benzene rings is 3. The number of allylic oxidation sites excluding steroid dienone is 3. The Balaban J connectivity index is 0.980. The maximum absolute atomic E-state index is 14.5. The van der Waals surface area contributed by atoms with Crippen LogP contribution in [0.2, 0.25) is 0 Å². The first-order valence-electron chi connectivity index (χ1n) is 20.4. The van der Waals surface area contributed by atoms with Crippen LogP contribution in [0.1, 0.15) is 60.8 Å². The van der Waals surface area contributed by atoms with Gasteiger partial charge in [-0.1, -0.05) is 55.5 Å². The first-order chi connectivity index (χ1) is 30.2. The summed E-state index contributed by atoms with van der Waals surface area (Å²) in [4.78, 5) is 35.5. The Labute approximate surface area is 357 Å². The van der Waals surface area contributed by atoms with Crippen molar-refractivity contribution in [2.45, 2.75) is 57.6 Å². The summed E-state index contributed by atoms with van der Waals surface area (Å²) in [5.74, 6) is -3.19. The summed E-state index contributed by atoms with van der Waals surface area (Å²) >= 11 is 0. The Morgan fingerprint density at radius 2 is 1.35 bits per heavy atom. The van der Waals surface area contributed by atoms with Gasteiger partial charge >= 0.3 is 36.2 Å². The average Bonchev–Trinajstić information content (AvgIpc) is 4.10. The number of morpholine rings is 1. The minimum atomic E-state index is -4.77. The molecule has 8 rings (SSSR count). The lowest BCUT2D eigenvalue weighted by Crippen LogP contribution is -2.49. The van der Waals surface area contributed by atoms with E-state index in [1.807, 2.05) is 36.4 Å². The van der Waals surface area contributed by atoms with Crippen molar-refractivity contribution >= 4 is 17.7 Å². The molecule has 0 N–H and O–H groups in total. The zero-order valence-electron chi connectivity index (χ0n) is 34.0. The zero-order chi connectivity index (χ0) is 44.3. The molecule has 19 heteroatoms. The van der Waals surface area contributed by atoms with Crippen molar-refractivity contribution in [3.05, 3.63) is 125 Å². The number of ether oxygens (including phenoxy) is 1. The molecule has 0 radical (unpaired) electrons. The molecule has 0 saturated carbocycles. The molecule has 4 amide bonds. The molecule has 2 aromatic heterocycles. The Morgan fingerprint density at radius 1 is 0.746 bits per heavy atom. The number of halogens is 6. The van der Waals surface area contributed by atoms with E-state index in [-0.39, 0.29) is 49.5 Å². The van der Waals surface area contributed by atoms with Gasteiger partial charge in [0.15, 0.2) is 0 Å². The molecule has 2 atom stereocenters. The molecule has 2 saturated heterocycles. The van der Waals surface area contributed by atoms with Crippen LogP contribution in [0.3, 0.4) is 0 Å². The van der Waals surface area contributed by atoms with E-state index in [4.69, 9.17) is 13.6 Å². The number of nitrogens with zero attached hydrogens (tertiary/aromatic N) is 8. The SMILES string of the molecule is CC1C=C(N(CCc2ccc(-c3nnc(C(F)(F)F)o3)cc2)C(=O)N2CCOC(c3cccc(N(Cc4ccc(-c5nnc(C(F)(F)F)o5)cc4)C(=O)N4CCCC4)c3)C2)C=CC1. The minimum absolute atomic E-state index is 0.154. The normalized spacial score (nSPS) is 18.1. The van der Waals surface area contributed by atoms with Crippen molar-refractivity contribution in [3.8, 4) is 22.9 Å². The van der Waals surface area contributed by atoms with Crippen LogP contribution in [-0.4, -0.2) is 86.5 Å². The third-order valence-corrected chi connectivity index (χ3v) is 11.0. The fraction of sp³-hybridized carbons (Fsp3) is 0.364. The van der Waals surface area contributed by atoms with E-state index < -0.39 is 30.2 Å². The van der Waals surface area contributed by atoms with Crippen LogP contribution in [-0.2, 0) is 30.1 Å². The molecular weight excluding hydrogens is 835 g/mol. The van der Waals surface area contributed by atoms with Gasteiger partial charge in [-0.3, -0.25) is 9.80 Å². The lowest BCUT2D eigenvalue weighted by atomic mass is 10.0. The van der Waals surface area contributed by atoms with Gasteiger partial charge in [-0.15, -0.1) is 20.4 Å². The quantitative estimate of drug-likeness (QED) is 0.126. The molecule has 2 aliphatic heterocycles. The fourth-order valence-electron chi connectivity index (χ4n) is 7.67. The van der Waals surface area contributed by atoms with Crippen molar-refractivity contribution in [2.24, 2.45) is 5.92 Å². The Kier molecular flexibility index (Phi) is 12.4. The molecular formula is C44H42F6N8O5. The monoisotopic (exact) mass is 876 g/mol. The molecule has 2 fully saturated rings. The molecule has 330 valence electrons. The topological polar surface area (TPSA) is 134 Å². The number of rotatable bonds is 10. The van der Waals surface area contributed by atoms with E-state index in [1.54, 1.807) is 68.1 Å². The molecule has 3 aromatic carbocycles. The molecule has 63 heavy (non-hydrogen) atoms. The highest BCUT2D eigenvalue weighted by molar-refractivity contribution is 5.92. The number of alkyl halides is 6. The summed E-state index contributed by atoms with van der Waals surface area (Å²) in [7, 11) is 0. The van der Waals surface area contributed by atoms with E-state index in [0.29, 0.717) is 55.0 Å². The first-order valence-corrected chi connectivity index (χ1v) is 20.4. The standard InChI is InChI=1S/C44H42F6N8O5/c1-28-6-4-8-34(24-28)57(21-18-29-10-14-31(15-11-29)37-51-53-39(62-37)43(45,46)47)42(60)56-22-23-61-36(27-56)33-7-5-9-35(25-33)58(41(59)55-19-2-3-20-55)26-30-12-16-32(17-13-30)38-52-54-40(63-38)44(48,49)50/h4-5,7-17,24-25,28,36H,2-3,6,18-23,26-27H2,1H3. The lowest BCUT2D eigenvalue weighted by Gasteiger charge is -2.38.